The molecule has 2 heterocycles. The quantitative estimate of drug-likeness (QED) is 0.605. The lowest BCUT2D eigenvalue weighted by Crippen LogP contribution is -1.96. The van der Waals surface area contributed by atoms with Gasteiger partial charge in [0.2, 0.25) is 0 Å². The van der Waals surface area contributed by atoms with Crippen LogP contribution in [0.1, 0.15) is 6.92 Å². The van der Waals surface area contributed by atoms with Crippen molar-refractivity contribution in [3.8, 4) is 17.1 Å². The van der Waals surface area contributed by atoms with E-state index in [0.717, 1.165) is 32.5 Å². The Bertz CT molecular complexity index is 1070. The molecule has 0 aliphatic heterocycles. The van der Waals surface area contributed by atoms with Crippen LogP contribution in [0.5, 0.6) is 5.75 Å². The van der Waals surface area contributed by atoms with Crippen LogP contribution < -0.4 is 4.74 Å². The normalized spacial score (nSPS) is 12.6. The maximum absolute atomic E-state index is 12.2. The number of H-pyrrole nitrogens is 1. The van der Waals surface area contributed by atoms with Gasteiger partial charge in [-0.25, -0.2) is 9.97 Å². The van der Waals surface area contributed by atoms with Crippen LogP contribution in [0, 0.1) is 0 Å². The predicted octanol–water partition coefficient (Wildman–Crippen LogP) is 3.91. The van der Waals surface area contributed by atoms with E-state index in [9.17, 15) is 4.21 Å². The summed E-state index contributed by atoms with van der Waals surface area (Å²) in [6.45, 7) is 2.51. The van der Waals surface area contributed by atoms with Crippen molar-refractivity contribution in [1.82, 2.24) is 15.0 Å². The van der Waals surface area contributed by atoms with E-state index >= 15 is 0 Å². The van der Waals surface area contributed by atoms with Crippen LogP contribution in [0.25, 0.3) is 33.3 Å². The molecule has 25 heavy (non-hydrogen) atoms. The van der Waals surface area contributed by atoms with Crippen LogP contribution in [-0.2, 0) is 10.8 Å². The summed E-state index contributed by atoms with van der Waals surface area (Å²) in [6.07, 6.45) is 3.41. The van der Waals surface area contributed by atoms with Gasteiger partial charge in [0.15, 0.2) is 5.65 Å². The van der Waals surface area contributed by atoms with Gasteiger partial charge in [-0.15, -0.1) is 0 Å². The number of nitrogens with zero attached hydrogens (tertiary/aromatic N) is 2. The molecule has 0 aliphatic rings. The fourth-order valence-electron chi connectivity index (χ4n) is 2.97. The predicted molar refractivity (Wildman–Crippen MR) is 100 cm³/mol. The molecule has 0 aliphatic carbocycles. The van der Waals surface area contributed by atoms with Crippen molar-refractivity contribution in [1.29, 1.82) is 0 Å². The van der Waals surface area contributed by atoms with Gasteiger partial charge in [0.05, 0.1) is 22.9 Å². The van der Waals surface area contributed by atoms with Crippen molar-refractivity contribution < 1.29 is 8.95 Å². The Morgan fingerprint density at radius 2 is 2.04 bits per heavy atom. The average Bonchev–Trinajstić information content (AvgIpc) is 3.05. The first-order valence-electron chi connectivity index (χ1n) is 8.01. The van der Waals surface area contributed by atoms with Gasteiger partial charge < -0.3 is 9.72 Å². The van der Waals surface area contributed by atoms with Gasteiger partial charge in [0.25, 0.3) is 0 Å². The molecule has 1 N–H and O–H groups in total. The van der Waals surface area contributed by atoms with Crippen LogP contribution in [0.4, 0.5) is 0 Å². The standard InChI is InChI=1S/C19H17N3O2S/c1-3-24-16-11-12(18-21-15-7-5-9-20-19(15)22-18)10-14-13(16)6-4-8-17(14)25(2)23/h4-11H,3H2,1-2H3,(H,20,21,22). The summed E-state index contributed by atoms with van der Waals surface area (Å²) in [5.41, 5.74) is 2.43. The number of nitrogens with one attached hydrogen (secondary N) is 1. The number of benzene rings is 2. The number of hydrogen-bond donors (Lipinski definition) is 1. The third-order valence-electron chi connectivity index (χ3n) is 4.06. The average molecular weight is 351 g/mol. The van der Waals surface area contributed by atoms with Gasteiger partial charge >= 0.3 is 0 Å². The highest BCUT2D eigenvalue weighted by Gasteiger charge is 2.14. The number of aromatic nitrogens is 3. The summed E-state index contributed by atoms with van der Waals surface area (Å²) >= 11 is 0. The lowest BCUT2D eigenvalue weighted by Gasteiger charge is -2.12. The summed E-state index contributed by atoms with van der Waals surface area (Å²) in [7, 11) is -1.09. The topological polar surface area (TPSA) is 67.9 Å². The van der Waals surface area contributed by atoms with Crippen LogP contribution in [0.3, 0.4) is 0 Å². The number of aromatic amines is 1. The van der Waals surface area contributed by atoms with Crippen LogP contribution in [-0.4, -0.2) is 32.0 Å². The summed E-state index contributed by atoms with van der Waals surface area (Å²) in [6, 6.07) is 13.6. The SMILES string of the molecule is CCOc1cc(-c2nc3ncccc3[nH]2)cc2c(S(C)=O)cccc12. The molecular weight excluding hydrogens is 334 g/mol. The second-order valence-corrected chi connectivity index (χ2v) is 7.02. The van der Waals surface area contributed by atoms with E-state index in [2.05, 4.69) is 15.0 Å². The molecule has 6 heteroatoms. The van der Waals surface area contributed by atoms with Gasteiger partial charge in [-0.2, -0.15) is 0 Å². The minimum Gasteiger partial charge on any atom is -0.493 e. The van der Waals surface area contributed by atoms with E-state index in [1.54, 1.807) is 12.5 Å². The molecule has 2 aromatic carbocycles. The first-order chi connectivity index (χ1) is 12.2. The van der Waals surface area contributed by atoms with E-state index in [1.165, 1.54) is 0 Å². The zero-order valence-electron chi connectivity index (χ0n) is 13.9. The fraction of sp³-hybridized carbons (Fsp3) is 0.158. The molecule has 4 aromatic rings. The zero-order valence-corrected chi connectivity index (χ0v) is 14.8. The molecule has 2 aromatic heterocycles. The third-order valence-corrected chi connectivity index (χ3v) is 5.03. The molecule has 1 atom stereocenters. The van der Waals surface area contributed by atoms with E-state index < -0.39 is 10.8 Å². The molecule has 4 rings (SSSR count). The molecule has 0 saturated carbocycles. The minimum absolute atomic E-state index is 0.555. The lowest BCUT2D eigenvalue weighted by atomic mass is 10.1. The Morgan fingerprint density at radius 1 is 1.16 bits per heavy atom. The molecule has 0 amide bonds. The monoisotopic (exact) mass is 351 g/mol. The summed E-state index contributed by atoms with van der Waals surface area (Å²) < 4.78 is 18.0. The molecule has 0 radical (unpaired) electrons. The fourth-order valence-corrected chi connectivity index (χ4v) is 3.72. The number of rotatable bonds is 4. The van der Waals surface area contributed by atoms with E-state index in [4.69, 9.17) is 4.74 Å². The largest absolute Gasteiger partial charge is 0.493 e. The highest BCUT2D eigenvalue weighted by Crippen LogP contribution is 2.34. The van der Waals surface area contributed by atoms with Crippen LogP contribution in [0.15, 0.2) is 53.6 Å². The van der Waals surface area contributed by atoms with Gasteiger partial charge in [-0.1, -0.05) is 12.1 Å². The number of pyridine rings is 1. The van der Waals surface area contributed by atoms with Gasteiger partial charge in [-0.05, 0) is 37.3 Å². The second-order valence-electron chi connectivity index (χ2n) is 5.67. The van der Waals surface area contributed by atoms with Crippen molar-refractivity contribution in [2.45, 2.75) is 11.8 Å². The smallest absolute Gasteiger partial charge is 0.178 e. The lowest BCUT2D eigenvalue weighted by molar-refractivity contribution is 0.344. The molecule has 0 fully saturated rings. The molecular formula is C19H17N3O2S. The minimum atomic E-state index is -1.09. The number of fused-ring (bicyclic) bond motifs is 2. The first-order valence-corrected chi connectivity index (χ1v) is 9.57. The van der Waals surface area contributed by atoms with Crippen LogP contribution in [0.2, 0.25) is 0 Å². The maximum Gasteiger partial charge on any atom is 0.178 e. The summed E-state index contributed by atoms with van der Waals surface area (Å²) in [5.74, 6) is 1.48. The molecule has 0 saturated heterocycles. The van der Waals surface area contributed by atoms with Crippen molar-refractivity contribution in [2.24, 2.45) is 0 Å². The number of imidazole rings is 1. The molecule has 1 unspecified atom stereocenters. The molecule has 0 bridgehead atoms. The van der Waals surface area contributed by atoms with E-state index in [0.29, 0.717) is 18.1 Å². The van der Waals surface area contributed by atoms with Crippen molar-refractivity contribution in [3.63, 3.8) is 0 Å². The zero-order chi connectivity index (χ0) is 17.4. The molecule has 0 spiro atoms. The second kappa shape index (κ2) is 6.29. The summed E-state index contributed by atoms with van der Waals surface area (Å²) in [4.78, 5) is 12.9. The van der Waals surface area contributed by atoms with Gasteiger partial charge in [0, 0.05) is 33.7 Å². The first kappa shape index (κ1) is 15.8. The Kier molecular flexibility index (Phi) is 3.97. The van der Waals surface area contributed by atoms with E-state index in [-0.39, 0.29) is 0 Å². The van der Waals surface area contributed by atoms with Gasteiger partial charge in [-0.3, -0.25) is 4.21 Å². The third kappa shape index (κ3) is 2.78. The highest BCUT2D eigenvalue weighted by molar-refractivity contribution is 7.84. The van der Waals surface area contributed by atoms with Crippen molar-refractivity contribution in [3.05, 3.63) is 48.7 Å². The Labute approximate surface area is 147 Å². The van der Waals surface area contributed by atoms with Crippen molar-refractivity contribution in [2.75, 3.05) is 12.9 Å². The number of hydrogen-bond acceptors (Lipinski definition) is 4. The molecule has 5 nitrogen and oxygen atoms in total. The highest BCUT2D eigenvalue weighted by atomic mass is 32.2. The van der Waals surface area contributed by atoms with Crippen molar-refractivity contribution >= 4 is 32.7 Å². The maximum atomic E-state index is 12.2. The Hall–Kier alpha value is -2.73. The van der Waals surface area contributed by atoms with Gasteiger partial charge in [0.1, 0.15) is 11.6 Å². The summed E-state index contributed by atoms with van der Waals surface area (Å²) in [5, 5.41) is 1.87. The Balaban J connectivity index is 2.00. The van der Waals surface area contributed by atoms with Crippen LogP contribution >= 0.6 is 0 Å². The Morgan fingerprint density at radius 3 is 2.80 bits per heavy atom. The molecule has 126 valence electrons. The van der Waals surface area contributed by atoms with E-state index in [1.807, 2.05) is 49.4 Å². The number of ether oxygens (including phenoxy) is 1.